The second-order valence-electron chi connectivity index (χ2n) is 6.45. The molecule has 0 saturated carbocycles. The lowest BCUT2D eigenvalue weighted by Crippen LogP contribution is -2.23. The summed E-state index contributed by atoms with van der Waals surface area (Å²) < 4.78 is 54.9. The number of hydrogen-bond donors (Lipinski definition) is 2. The van der Waals surface area contributed by atoms with Crippen LogP contribution in [0.15, 0.2) is 52.0 Å². The van der Waals surface area contributed by atoms with E-state index in [0.29, 0.717) is 17.9 Å². The third-order valence-corrected chi connectivity index (χ3v) is 7.52. The highest BCUT2D eigenvalue weighted by Crippen LogP contribution is 2.22. The predicted molar refractivity (Wildman–Crippen MR) is 99.2 cm³/mol. The zero-order valence-electron chi connectivity index (χ0n) is 14.4. The first-order chi connectivity index (χ1) is 12.7. The van der Waals surface area contributed by atoms with Crippen LogP contribution >= 0.6 is 0 Å². The molecule has 0 aliphatic carbocycles. The molecular weight excluding hydrogens is 392 g/mol. The van der Waals surface area contributed by atoms with Gasteiger partial charge in [0.15, 0.2) is 9.84 Å². The van der Waals surface area contributed by atoms with Gasteiger partial charge in [-0.3, -0.25) is 4.79 Å². The molecule has 1 aliphatic rings. The standard InChI is InChI=1S/C17H20N2O6S2/c20-17(10-13-7-9-26(21,22)12-13)19-14-3-5-16(6-4-14)27(23,24)18-11-15-2-1-8-25-15/h1-6,8,13,18H,7,9-12H2,(H,19,20)/t13-/m0/s1. The molecule has 1 aromatic heterocycles. The number of rotatable bonds is 7. The topological polar surface area (TPSA) is 123 Å². The molecule has 3 rings (SSSR count). The maximum Gasteiger partial charge on any atom is 0.240 e. The summed E-state index contributed by atoms with van der Waals surface area (Å²) in [4.78, 5) is 12.1. The lowest BCUT2D eigenvalue weighted by atomic mass is 10.1. The second-order valence-corrected chi connectivity index (χ2v) is 10.4. The van der Waals surface area contributed by atoms with Crippen LogP contribution < -0.4 is 10.0 Å². The van der Waals surface area contributed by atoms with Crippen LogP contribution in [-0.2, 0) is 31.2 Å². The molecule has 10 heteroatoms. The Hall–Kier alpha value is -2.17. The van der Waals surface area contributed by atoms with Crippen molar-refractivity contribution < 1.29 is 26.0 Å². The minimum absolute atomic E-state index is 0.0398. The van der Waals surface area contributed by atoms with E-state index in [1.807, 2.05) is 0 Å². The van der Waals surface area contributed by atoms with E-state index < -0.39 is 19.9 Å². The van der Waals surface area contributed by atoms with Crippen LogP contribution in [0, 0.1) is 5.92 Å². The van der Waals surface area contributed by atoms with Crippen molar-refractivity contribution in [1.29, 1.82) is 0 Å². The quantitative estimate of drug-likeness (QED) is 0.711. The Labute approximate surface area is 157 Å². The number of sulfone groups is 1. The number of benzene rings is 1. The molecule has 1 aliphatic heterocycles. The van der Waals surface area contributed by atoms with Gasteiger partial charge in [0.05, 0.1) is 29.2 Å². The van der Waals surface area contributed by atoms with Gasteiger partial charge in [-0.15, -0.1) is 0 Å². The lowest BCUT2D eigenvalue weighted by Gasteiger charge is -2.10. The Morgan fingerprint density at radius 2 is 1.93 bits per heavy atom. The van der Waals surface area contributed by atoms with Gasteiger partial charge in [-0.25, -0.2) is 21.6 Å². The number of sulfonamides is 1. The SMILES string of the molecule is O=C(C[C@@H]1CCS(=O)(=O)C1)Nc1ccc(S(=O)(=O)NCc2ccco2)cc1. The number of nitrogens with one attached hydrogen (secondary N) is 2. The fourth-order valence-corrected chi connectivity index (χ4v) is 5.74. The van der Waals surface area contributed by atoms with Gasteiger partial charge in [0.1, 0.15) is 5.76 Å². The summed E-state index contributed by atoms with van der Waals surface area (Å²) >= 11 is 0. The molecule has 146 valence electrons. The van der Waals surface area contributed by atoms with E-state index >= 15 is 0 Å². The Balaban J connectivity index is 1.55. The van der Waals surface area contributed by atoms with Gasteiger partial charge in [0, 0.05) is 12.1 Å². The molecule has 1 atom stereocenters. The normalized spacial score (nSPS) is 19.0. The summed E-state index contributed by atoms with van der Waals surface area (Å²) in [6, 6.07) is 9.09. The first-order valence-corrected chi connectivity index (χ1v) is 11.7. The van der Waals surface area contributed by atoms with E-state index in [0.717, 1.165) is 0 Å². The Kier molecular flexibility index (Phi) is 5.68. The monoisotopic (exact) mass is 412 g/mol. The molecule has 1 amide bonds. The van der Waals surface area contributed by atoms with Crippen molar-refractivity contribution in [3.05, 3.63) is 48.4 Å². The minimum atomic E-state index is -3.70. The van der Waals surface area contributed by atoms with Crippen LogP contribution in [0.3, 0.4) is 0 Å². The van der Waals surface area contributed by atoms with Gasteiger partial charge in [0.25, 0.3) is 0 Å². The Morgan fingerprint density at radius 1 is 1.19 bits per heavy atom. The summed E-state index contributed by atoms with van der Waals surface area (Å²) in [6.07, 6.45) is 2.08. The third kappa shape index (κ3) is 5.41. The number of carbonyl (C=O) groups is 1. The van der Waals surface area contributed by atoms with Crippen molar-refractivity contribution >= 4 is 31.5 Å². The van der Waals surface area contributed by atoms with Gasteiger partial charge < -0.3 is 9.73 Å². The van der Waals surface area contributed by atoms with Gasteiger partial charge in [-0.05, 0) is 48.7 Å². The van der Waals surface area contributed by atoms with Gasteiger partial charge in [-0.1, -0.05) is 0 Å². The molecule has 0 radical (unpaired) electrons. The average Bonchev–Trinajstić information content (AvgIpc) is 3.23. The molecule has 0 bridgehead atoms. The zero-order chi connectivity index (χ0) is 19.5. The molecule has 2 heterocycles. The molecule has 0 spiro atoms. The van der Waals surface area contributed by atoms with Crippen molar-refractivity contribution in [2.75, 3.05) is 16.8 Å². The highest BCUT2D eigenvalue weighted by molar-refractivity contribution is 7.91. The summed E-state index contributed by atoms with van der Waals surface area (Å²) in [5.74, 6) is 0.210. The molecule has 8 nitrogen and oxygen atoms in total. The molecule has 1 aromatic carbocycles. The van der Waals surface area contributed by atoms with Crippen molar-refractivity contribution in [2.45, 2.75) is 24.3 Å². The maximum atomic E-state index is 12.3. The minimum Gasteiger partial charge on any atom is -0.468 e. The molecule has 2 aromatic rings. The summed E-state index contributed by atoms with van der Waals surface area (Å²) in [5, 5.41) is 2.67. The predicted octanol–water partition coefficient (Wildman–Crippen LogP) is 1.52. The first-order valence-electron chi connectivity index (χ1n) is 8.36. The molecule has 0 unspecified atom stereocenters. The zero-order valence-corrected chi connectivity index (χ0v) is 16.1. The largest absolute Gasteiger partial charge is 0.468 e. The Bertz CT molecular complexity index is 996. The van der Waals surface area contributed by atoms with Crippen LogP contribution in [0.25, 0.3) is 0 Å². The van der Waals surface area contributed by atoms with Gasteiger partial charge in [0.2, 0.25) is 15.9 Å². The highest BCUT2D eigenvalue weighted by Gasteiger charge is 2.29. The summed E-state index contributed by atoms with van der Waals surface area (Å²) in [6.45, 7) is 0.0398. The number of anilines is 1. The van der Waals surface area contributed by atoms with E-state index in [1.54, 1.807) is 12.1 Å². The number of furan rings is 1. The van der Waals surface area contributed by atoms with Crippen LogP contribution in [0.1, 0.15) is 18.6 Å². The van der Waals surface area contributed by atoms with Crippen molar-refractivity contribution in [1.82, 2.24) is 4.72 Å². The van der Waals surface area contributed by atoms with Crippen LogP contribution in [-0.4, -0.2) is 34.2 Å². The molecular formula is C17H20N2O6S2. The van der Waals surface area contributed by atoms with E-state index in [2.05, 4.69) is 10.0 Å². The second kappa shape index (κ2) is 7.83. The summed E-state index contributed by atoms with van der Waals surface area (Å²) in [7, 11) is -6.72. The lowest BCUT2D eigenvalue weighted by molar-refractivity contribution is -0.116. The highest BCUT2D eigenvalue weighted by atomic mass is 32.2. The fraction of sp³-hybridized carbons (Fsp3) is 0.353. The van der Waals surface area contributed by atoms with Crippen LogP contribution in [0.5, 0.6) is 0 Å². The fourth-order valence-electron chi connectivity index (χ4n) is 2.89. The van der Waals surface area contributed by atoms with Crippen molar-refractivity contribution in [3.8, 4) is 0 Å². The number of amides is 1. The molecule has 27 heavy (non-hydrogen) atoms. The average molecular weight is 412 g/mol. The van der Waals surface area contributed by atoms with E-state index in [9.17, 15) is 21.6 Å². The Morgan fingerprint density at radius 3 is 2.52 bits per heavy atom. The van der Waals surface area contributed by atoms with E-state index in [1.165, 1.54) is 30.5 Å². The smallest absolute Gasteiger partial charge is 0.240 e. The first kappa shape index (κ1) is 19.6. The number of carbonyl (C=O) groups excluding carboxylic acids is 1. The van der Waals surface area contributed by atoms with Gasteiger partial charge in [-0.2, -0.15) is 0 Å². The van der Waals surface area contributed by atoms with E-state index in [-0.39, 0.29) is 41.2 Å². The summed E-state index contributed by atoms with van der Waals surface area (Å²) in [5.41, 5.74) is 0.450. The van der Waals surface area contributed by atoms with Crippen LogP contribution in [0.2, 0.25) is 0 Å². The molecule has 1 fully saturated rings. The van der Waals surface area contributed by atoms with E-state index in [4.69, 9.17) is 4.42 Å². The third-order valence-electron chi connectivity index (χ3n) is 4.27. The van der Waals surface area contributed by atoms with Crippen molar-refractivity contribution in [3.63, 3.8) is 0 Å². The van der Waals surface area contributed by atoms with Crippen LogP contribution in [0.4, 0.5) is 5.69 Å². The molecule has 1 saturated heterocycles. The number of hydrogen-bond acceptors (Lipinski definition) is 6. The van der Waals surface area contributed by atoms with Gasteiger partial charge >= 0.3 is 0 Å². The molecule has 2 N–H and O–H groups in total. The van der Waals surface area contributed by atoms with Crippen molar-refractivity contribution in [2.24, 2.45) is 5.92 Å². The maximum absolute atomic E-state index is 12.3.